The number of nitrogens with one attached hydrogen (secondary N) is 2. The minimum atomic E-state index is -3.19. The van der Waals surface area contributed by atoms with Crippen LogP contribution in [0.3, 0.4) is 0 Å². The number of hydrogen-bond acceptors (Lipinski definition) is 4. The Balaban J connectivity index is 1.56. The Morgan fingerprint density at radius 2 is 1.85 bits per heavy atom. The van der Waals surface area contributed by atoms with Crippen LogP contribution in [0.25, 0.3) is 0 Å². The summed E-state index contributed by atoms with van der Waals surface area (Å²) in [4.78, 5) is 24.6. The number of nitrogens with zero attached hydrogens (tertiary/aromatic N) is 1. The van der Waals surface area contributed by atoms with Gasteiger partial charge in [-0.05, 0) is 50.8 Å². The molecule has 1 heterocycles. The summed E-state index contributed by atoms with van der Waals surface area (Å²) < 4.78 is 25.2. The van der Waals surface area contributed by atoms with Gasteiger partial charge in [0.15, 0.2) is 0 Å². The summed E-state index contributed by atoms with van der Waals surface area (Å²) in [5, 5.41) is 5.78. The predicted molar refractivity (Wildman–Crippen MR) is 99.3 cm³/mol. The van der Waals surface area contributed by atoms with E-state index in [2.05, 4.69) is 10.6 Å². The maximum atomic E-state index is 12.5. The van der Waals surface area contributed by atoms with Gasteiger partial charge in [0.05, 0.1) is 5.75 Å². The molecule has 3 rings (SSSR count). The molecule has 1 saturated heterocycles. The number of hydrogen-bond donors (Lipinski definition) is 2. The number of amides is 2. The first-order valence-corrected chi connectivity index (χ1v) is 10.7. The van der Waals surface area contributed by atoms with Crippen LogP contribution >= 0.6 is 0 Å². The lowest BCUT2D eigenvalue weighted by molar-refractivity contribution is -0.120. The van der Waals surface area contributed by atoms with Crippen molar-refractivity contribution in [3.63, 3.8) is 0 Å². The van der Waals surface area contributed by atoms with Crippen LogP contribution in [0.4, 0.5) is 5.69 Å². The molecule has 2 N–H and O–H groups in total. The smallest absolute Gasteiger partial charge is 0.251 e. The lowest BCUT2D eigenvalue weighted by atomic mass is 9.97. The van der Waals surface area contributed by atoms with E-state index >= 15 is 0 Å². The van der Waals surface area contributed by atoms with E-state index in [0.29, 0.717) is 37.2 Å². The topological polar surface area (TPSA) is 95.6 Å². The maximum absolute atomic E-state index is 12.5. The van der Waals surface area contributed by atoms with Crippen molar-refractivity contribution in [2.24, 2.45) is 5.92 Å². The molecule has 1 aliphatic carbocycles. The number of rotatable bonds is 6. The van der Waals surface area contributed by atoms with Crippen LogP contribution in [0.15, 0.2) is 24.3 Å². The van der Waals surface area contributed by atoms with E-state index in [1.807, 2.05) is 0 Å². The highest BCUT2D eigenvalue weighted by Gasteiger charge is 2.30. The summed E-state index contributed by atoms with van der Waals surface area (Å²) >= 11 is 0. The molecule has 1 aromatic rings. The molecule has 1 aliphatic heterocycles. The predicted octanol–water partition coefficient (Wildman–Crippen LogP) is 1.58. The first-order chi connectivity index (χ1) is 12.4. The summed E-state index contributed by atoms with van der Waals surface area (Å²) in [5.41, 5.74) is 1.11. The van der Waals surface area contributed by atoms with Crippen LogP contribution in [-0.4, -0.2) is 49.4 Å². The van der Waals surface area contributed by atoms with Crippen molar-refractivity contribution in [1.82, 2.24) is 9.62 Å². The number of carbonyl (C=O) groups excluding carboxylic acids is 2. The second kappa shape index (κ2) is 7.75. The Morgan fingerprint density at radius 3 is 2.46 bits per heavy atom. The average molecular weight is 379 g/mol. The van der Waals surface area contributed by atoms with Gasteiger partial charge in [0, 0.05) is 36.3 Å². The maximum Gasteiger partial charge on any atom is 0.251 e. The molecular weight excluding hydrogens is 354 g/mol. The third kappa shape index (κ3) is 4.62. The van der Waals surface area contributed by atoms with Gasteiger partial charge in [0.1, 0.15) is 0 Å². The fourth-order valence-corrected chi connectivity index (χ4v) is 4.19. The van der Waals surface area contributed by atoms with Gasteiger partial charge >= 0.3 is 0 Å². The Labute approximate surface area is 154 Å². The fraction of sp³-hybridized carbons (Fsp3) is 0.556. The van der Waals surface area contributed by atoms with Crippen molar-refractivity contribution in [2.45, 2.75) is 38.6 Å². The van der Waals surface area contributed by atoms with Crippen LogP contribution in [0.5, 0.6) is 0 Å². The van der Waals surface area contributed by atoms with Gasteiger partial charge in [-0.15, -0.1) is 0 Å². The third-order valence-electron chi connectivity index (χ3n) is 4.89. The summed E-state index contributed by atoms with van der Waals surface area (Å²) in [5.74, 6) is -0.387. The molecule has 142 valence electrons. The second-order valence-electron chi connectivity index (χ2n) is 6.89. The number of carbonyl (C=O) groups is 2. The standard InChI is InChI=1S/C18H25N3O4S/c1-2-26(24,25)21-10-8-13(9-11-21)17(22)20-16-5-3-4-14(12-16)18(23)19-15-6-7-15/h3-5,12-13,15H,2,6-11H2,1H3,(H,19,23)(H,20,22). The molecule has 8 heteroatoms. The highest BCUT2D eigenvalue weighted by atomic mass is 32.2. The first kappa shape index (κ1) is 18.8. The van der Waals surface area contributed by atoms with Crippen molar-refractivity contribution in [2.75, 3.05) is 24.2 Å². The van der Waals surface area contributed by atoms with Gasteiger partial charge in [0.25, 0.3) is 5.91 Å². The van der Waals surface area contributed by atoms with Crippen molar-refractivity contribution < 1.29 is 18.0 Å². The highest BCUT2D eigenvalue weighted by Crippen LogP contribution is 2.23. The molecular formula is C18H25N3O4S. The van der Waals surface area contributed by atoms with Gasteiger partial charge in [0.2, 0.25) is 15.9 Å². The van der Waals surface area contributed by atoms with Crippen LogP contribution in [0.1, 0.15) is 43.0 Å². The van der Waals surface area contributed by atoms with Crippen LogP contribution in [0.2, 0.25) is 0 Å². The normalized spacial score (nSPS) is 19.1. The van der Waals surface area contributed by atoms with E-state index in [4.69, 9.17) is 0 Å². The molecule has 0 radical (unpaired) electrons. The monoisotopic (exact) mass is 379 g/mol. The molecule has 0 aromatic heterocycles. The first-order valence-electron chi connectivity index (χ1n) is 9.08. The van der Waals surface area contributed by atoms with Crippen molar-refractivity contribution >= 4 is 27.5 Å². The molecule has 7 nitrogen and oxygen atoms in total. The van der Waals surface area contributed by atoms with E-state index in [1.165, 1.54) is 4.31 Å². The van der Waals surface area contributed by atoms with Crippen molar-refractivity contribution in [1.29, 1.82) is 0 Å². The number of benzene rings is 1. The van der Waals surface area contributed by atoms with Crippen molar-refractivity contribution in [3.8, 4) is 0 Å². The van der Waals surface area contributed by atoms with E-state index in [9.17, 15) is 18.0 Å². The minimum Gasteiger partial charge on any atom is -0.349 e. The zero-order valence-corrected chi connectivity index (χ0v) is 15.7. The summed E-state index contributed by atoms with van der Waals surface area (Å²) in [7, 11) is -3.19. The Bertz CT molecular complexity index is 781. The van der Waals surface area contributed by atoms with Gasteiger partial charge in [-0.3, -0.25) is 9.59 Å². The molecule has 0 atom stereocenters. The minimum absolute atomic E-state index is 0.0829. The highest BCUT2D eigenvalue weighted by molar-refractivity contribution is 7.89. The molecule has 1 aromatic carbocycles. The van der Waals surface area contributed by atoms with E-state index in [-0.39, 0.29) is 29.5 Å². The molecule has 0 bridgehead atoms. The number of sulfonamides is 1. The lowest BCUT2D eigenvalue weighted by Gasteiger charge is -2.30. The number of anilines is 1. The molecule has 0 spiro atoms. The quantitative estimate of drug-likeness (QED) is 0.784. The van der Waals surface area contributed by atoms with Crippen LogP contribution in [0, 0.1) is 5.92 Å². The fourth-order valence-electron chi connectivity index (χ4n) is 3.06. The summed E-state index contributed by atoms with van der Waals surface area (Å²) in [6.45, 7) is 2.37. The largest absolute Gasteiger partial charge is 0.349 e. The number of piperidine rings is 1. The summed E-state index contributed by atoms with van der Waals surface area (Å²) in [6, 6.07) is 7.18. The second-order valence-corrected chi connectivity index (χ2v) is 9.15. The van der Waals surface area contributed by atoms with Gasteiger partial charge < -0.3 is 10.6 Å². The van der Waals surface area contributed by atoms with Gasteiger partial charge in [-0.2, -0.15) is 0 Å². The van der Waals surface area contributed by atoms with Crippen LogP contribution < -0.4 is 10.6 Å². The molecule has 26 heavy (non-hydrogen) atoms. The van der Waals surface area contributed by atoms with Gasteiger partial charge in [-0.25, -0.2) is 12.7 Å². The molecule has 0 unspecified atom stereocenters. The average Bonchev–Trinajstić information content (AvgIpc) is 3.46. The van der Waals surface area contributed by atoms with Crippen molar-refractivity contribution in [3.05, 3.63) is 29.8 Å². The SMILES string of the molecule is CCS(=O)(=O)N1CCC(C(=O)Nc2cccc(C(=O)NC3CC3)c2)CC1. The Kier molecular flexibility index (Phi) is 5.62. The molecule has 2 fully saturated rings. The third-order valence-corrected chi connectivity index (χ3v) is 6.77. The van der Waals surface area contributed by atoms with E-state index in [0.717, 1.165) is 12.8 Å². The molecule has 1 saturated carbocycles. The van der Waals surface area contributed by atoms with Crippen LogP contribution in [-0.2, 0) is 14.8 Å². The Hall–Kier alpha value is -1.93. The molecule has 2 amide bonds. The zero-order chi connectivity index (χ0) is 18.7. The summed E-state index contributed by atoms with van der Waals surface area (Å²) in [6.07, 6.45) is 3.06. The lowest BCUT2D eigenvalue weighted by Crippen LogP contribution is -2.42. The zero-order valence-electron chi connectivity index (χ0n) is 14.9. The molecule has 2 aliphatic rings. The van der Waals surface area contributed by atoms with Gasteiger partial charge in [-0.1, -0.05) is 6.07 Å². The van der Waals surface area contributed by atoms with E-state index < -0.39 is 10.0 Å². The van der Waals surface area contributed by atoms with E-state index in [1.54, 1.807) is 31.2 Å². The Morgan fingerprint density at radius 1 is 1.15 bits per heavy atom.